The third kappa shape index (κ3) is 3.18. The molecule has 0 amide bonds. The smallest absolute Gasteiger partial charge is 0.0483 e. The van der Waals surface area contributed by atoms with Crippen LogP contribution in [0, 0.1) is 5.92 Å². The predicted octanol–water partition coefficient (Wildman–Crippen LogP) is 3.24. The average molecular weight is 260 g/mol. The van der Waals surface area contributed by atoms with Gasteiger partial charge in [0.25, 0.3) is 0 Å². The molecule has 0 radical (unpaired) electrons. The van der Waals surface area contributed by atoms with Crippen molar-refractivity contribution in [3.05, 3.63) is 35.4 Å². The fraction of sp³-hybridized carbons (Fsp3) is 0.647. The molecule has 19 heavy (non-hydrogen) atoms. The first-order valence-electron chi connectivity index (χ1n) is 7.68. The third-order valence-corrected chi connectivity index (χ3v) is 4.49. The van der Waals surface area contributed by atoms with E-state index in [9.17, 15) is 0 Å². The Morgan fingerprint density at radius 2 is 2.05 bits per heavy atom. The molecular formula is C17H28N2. The molecule has 0 fully saturated rings. The van der Waals surface area contributed by atoms with E-state index in [1.165, 1.54) is 30.5 Å². The molecule has 2 heteroatoms. The lowest BCUT2D eigenvalue weighted by Gasteiger charge is -2.32. The normalized spacial score (nSPS) is 23.6. The minimum atomic E-state index is 0.496. The average Bonchev–Trinajstić information content (AvgIpc) is 2.78. The highest BCUT2D eigenvalue weighted by molar-refractivity contribution is 5.37. The van der Waals surface area contributed by atoms with Crippen LogP contribution in [0.2, 0.25) is 0 Å². The number of rotatable bonds is 6. The van der Waals surface area contributed by atoms with E-state index >= 15 is 0 Å². The summed E-state index contributed by atoms with van der Waals surface area (Å²) in [6.45, 7) is 9.06. The molecule has 0 aromatic heterocycles. The topological polar surface area (TPSA) is 15.3 Å². The van der Waals surface area contributed by atoms with Crippen molar-refractivity contribution in [2.45, 2.75) is 45.7 Å². The van der Waals surface area contributed by atoms with Gasteiger partial charge in [-0.25, -0.2) is 0 Å². The standard InChI is InChI=1S/C17H28N2/c1-5-13(3)12-19(4)16-11-14-9-7-8-10-15(14)17(16)18-6-2/h7-10,13,16-18H,5-6,11-12H2,1-4H3. The number of likely N-dealkylation sites (N-methyl/N-ethyl adjacent to an activating group) is 2. The second-order valence-electron chi connectivity index (χ2n) is 5.96. The minimum Gasteiger partial charge on any atom is -0.309 e. The highest BCUT2D eigenvalue weighted by Gasteiger charge is 2.34. The van der Waals surface area contributed by atoms with Crippen LogP contribution >= 0.6 is 0 Å². The van der Waals surface area contributed by atoms with Crippen molar-refractivity contribution in [3.63, 3.8) is 0 Å². The SMILES string of the molecule is CCNC1c2ccccc2CC1N(C)CC(C)CC. The molecule has 2 rings (SSSR count). The maximum absolute atomic E-state index is 3.68. The Kier molecular flexibility index (Phi) is 5.00. The zero-order valence-electron chi connectivity index (χ0n) is 12.8. The van der Waals surface area contributed by atoms with Crippen molar-refractivity contribution in [2.24, 2.45) is 5.92 Å². The Bertz CT molecular complexity index is 402. The van der Waals surface area contributed by atoms with Crippen LogP contribution in [0.4, 0.5) is 0 Å². The molecule has 106 valence electrons. The summed E-state index contributed by atoms with van der Waals surface area (Å²) < 4.78 is 0. The summed E-state index contributed by atoms with van der Waals surface area (Å²) in [5, 5.41) is 3.68. The van der Waals surface area contributed by atoms with Gasteiger partial charge in [-0.05, 0) is 37.1 Å². The lowest BCUT2D eigenvalue weighted by atomic mass is 10.0. The molecule has 1 aliphatic rings. The van der Waals surface area contributed by atoms with E-state index < -0.39 is 0 Å². The van der Waals surface area contributed by atoms with E-state index in [0.29, 0.717) is 12.1 Å². The van der Waals surface area contributed by atoms with Gasteiger partial charge in [0, 0.05) is 18.6 Å². The molecule has 1 aromatic carbocycles. The first kappa shape index (κ1) is 14.5. The lowest BCUT2D eigenvalue weighted by Crippen LogP contribution is -2.42. The third-order valence-electron chi connectivity index (χ3n) is 4.49. The van der Waals surface area contributed by atoms with Crippen molar-refractivity contribution in [1.29, 1.82) is 0 Å². The molecular weight excluding hydrogens is 232 g/mol. The summed E-state index contributed by atoms with van der Waals surface area (Å²) in [6.07, 6.45) is 2.44. The van der Waals surface area contributed by atoms with Gasteiger partial charge in [-0.2, -0.15) is 0 Å². The number of hydrogen-bond acceptors (Lipinski definition) is 2. The van der Waals surface area contributed by atoms with Crippen LogP contribution in [-0.4, -0.2) is 31.1 Å². The summed E-state index contributed by atoms with van der Waals surface area (Å²) in [5.41, 5.74) is 3.03. The zero-order chi connectivity index (χ0) is 13.8. The minimum absolute atomic E-state index is 0.496. The molecule has 1 aliphatic carbocycles. The second-order valence-corrected chi connectivity index (χ2v) is 5.96. The summed E-state index contributed by atoms with van der Waals surface area (Å²) in [4.78, 5) is 2.56. The monoisotopic (exact) mass is 260 g/mol. The van der Waals surface area contributed by atoms with Gasteiger partial charge in [-0.15, -0.1) is 0 Å². The summed E-state index contributed by atoms with van der Waals surface area (Å²) in [5.74, 6) is 0.774. The quantitative estimate of drug-likeness (QED) is 0.844. The van der Waals surface area contributed by atoms with Gasteiger partial charge in [-0.3, -0.25) is 0 Å². The zero-order valence-corrected chi connectivity index (χ0v) is 12.8. The van der Waals surface area contributed by atoms with E-state index in [2.05, 4.69) is 62.3 Å². The number of nitrogens with zero attached hydrogens (tertiary/aromatic N) is 1. The van der Waals surface area contributed by atoms with Gasteiger partial charge in [-0.1, -0.05) is 51.5 Å². The molecule has 0 saturated heterocycles. The molecule has 2 nitrogen and oxygen atoms in total. The second kappa shape index (κ2) is 6.53. The fourth-order valence-corrected chi connectivity index (χ4v) is 3.21. The molecule has 0 heterocycles. The van der Waals surface area contributed by atoms with E-state index in [1.807, 2.05) is 0 Å². The summed E-state index contributed by atoms with van der Waals surface area (Å²) in [7, 11) is 2.28. The Hall–Kier alpha value is -0.860. The van der Waals surface area contributed by atoms with Crippen LogP contribution < -0.4 is 5.32 Å². The van der Waals surface area contributed by atoms with Gasteiger partial charge in [0.1, 0.15) is 0 Å². The van der Waals surface area contributed by atoms with Crippen LogP contribution in [0.3, 0.4) is 0 Å². The van der Waals surface area contributed by atoms with E-state index in [4.69, 9.17) is 0 Å². The van der Waals surface area contributed by atoms with E-state index in [-0.39, 0.29) is 0 Å². The molecule has 0 aliphatic heterocycles. The number of nitrogens with one attached hydrogen (secondary N) is 1. The fourth-order valence-electron chi connectivity index (χ4n) is 3.21. The highest BCUT2D eigenvalue weighted by atomic mass is 15.2. The van der Waals surface area contributed by atoms with Gasteiger partial charge < -0.3 is 10.2 Å². The Morgan fingerprint density at radius 1 is 1.32 bits per heavy atom. The summed E-state index contributed by atoms with van der Waals surface area (Å²) >= 11 is 0. The summed E-state index contributed by atoms with van der Waals surface area (Å²) in [6, 6.07) is 10.0. The Labute approximate surface area is 118 Å². The van der Waals surface area contributed by atoms with Gasteiger partial charge in [0.05, 0.1) is 0 Å². The van der Waals surface area contributed by atoms with Crippen LogP contribution in [0.1, 0.15) is 44.4 Å². The van der Waals surface area contributed by atoms with Crippen LogP contribution in [0.15, 0.2) is 24.3 Å². The Morgan fingerprint density at radius 3 is 2.74 bits per heavy atom. The Balaban J connectivity index is 2.13. The lowest BCUT2D eigenvalue weighted by molar-refractivity contribution is 0.180. The number of hydrogen-bond donors (Lipinski definition) is 1. The van der Waals surface area contributed by atoms with Crippen molar-refractivity contribution >= 4 is 0 Å². The maximum Gasteiger partial charge on any atom is 0.0483 e. The van der Waals surface area contributed by atoms with Crippen LogP contribution in [0.5, 0.6) is 0 Å². The highest BCUT2D eigenvalue weighted by Crippen LogP contribution is 2.34. The first-order chi connectivity index (χ1) is 9.17. The molecule has 3 unspecified atom stereocenters. The van der Waals surface area contributed by atoms with Gasteiger partial charge in [0.15, 0.2) is 0 Å². The van der Waals surface area contributed by atoms with E-state index in [1.54, 1.807) is 0 Å². The van der Waals surface area contributed by atoms with Crippen molar-refractivity contribution in [1.82, 2.24) is 10.2 Å². The van der Waals surface area contributed by atoms with Gasteiger partial charge in [0.2, 0.25) is 0 Å². The van der Waals surface area contributed by atoms with Gasteiger partial charge >= 0.3 is 0 Å². The first-order valence-corrected chi connectivity index (χ1v) is 7.68. The molecule has 0 bridgehead atoms. The molecule has 0 saturated carbocycles. The van der Waals surface area contributed by atoms with Crippen molar-refractivity contribution in [3.8, 4) is 0 Å². The molecule has 0 spiro atoms. The molecule has 1 N–H and O–H groups in total. The number of benzene rings is 1. The van der Waals surface area contributed by atoms with E-state index in [0.717, 1.165) is 12.5 Å². The van der Waals surface area contributed by atoms with Crippen LogP contribution in [0.25, 0.3) is 0 Å². The maximum atomic E-state index is 3.68. The number of fused-ring (bicyclic) bond motifs is 1. The van der Waals surface area contributed by atoms with Crippen molar-refractivity contribution in [2.75, 3.05) is 20.1 Å². The van der Waals surface area contributed by atoms with Crippen LogP contribution in [-0.2, 0) is 6.42 Å². The van der Waals surface area contributed by atoms with Crippen molar-refractivity contribution < 1.29 is 0 Å². The largest absolute Gasteiger partial charge is 0.309 e. The predicted molar refractivity (Wildman–Crippen MR) is 82.4 cm³/mol. The molecule has 3 atom stereocenters. The molecule has 1 aromatic rings.